The molecule has 0 unspecified atom stereocenters. The summed E-state index contributed by atoms with van der Waals surface area (Å²) in [5.41, 5.74) is 1.51. The Bertz CT molecular complexity index is 639. The molecule has 1 aliphatic heterocycles. The van der Waals surface area contributed by atoms with Gasteiger partial charge in [-0.15, -0.1) is 10.2 Å². The van der Waals surface area contributed by atoms with Gasteiger partial charge in [-0.1, -0.05) is 18.2 Å². The standard InChI is InChI=1S/C14H15N3O2S/c18-14(19)12-13(17-6-3-8-20-9-7-17)10-4-1-2-5-11(10)15-16-12/h1-2,4-5H,3,6-9H2,(H,18,19). The number of carbonyl (C=O) groups is 1. The van der Waals surface area contributed by atoms with E-state index in [1.807, 2.05) is 36.0 Å². The van der Waals surface area contributed by atoms with E-state index in [1.165, 1.54) is 0 Å². The van der Waals surface area contributed by atoms with Crippen LogP contribution in [0.4, 0.5) is 5.69 Å². The maximum atomic E-state index is 11.5. The summed E-state index contributed by atoms with van der Waals surface area (Å²) < 4.78 is 0. The fourth-order valence-corrected chi connectivity index (χ4v) is 3.36. The summed E-state index contributed by atoms with van der Waals surface area (Å²) >= 11 is 1.91. The van der Waals surface area contributed by atoms with E-state index in [2.05, 4.69) is 15.1 Å². The molecule has 3 rings (SSSR count). The van der Waals surface area contributed by atoms with Crippen molar-refractivity contribution in [2.75, 3.05) is 29.5 Å². The molecule has 1 N–H and O–H groups in total. The van der Waals surface area contributed by atoms with Crippen molar-refractivity contribution < 1.29 is 9.90 Å². The molecule has 0 radical (unpaired) electrons. The number of thioether (sulfide) groups is 1. The lowest BCUT2D eigenvalue weighted by atomic mass is 10.1. The number of hydrogen-bond acceptors (Lipinski definition) is 5. The number of aromatic carboxylic acids is 1. The van der Waals surface area contributed by atoms with E-state index < -0.39 is 5.97 Å². The third kappa shape index (κ3) is 2.43. The predicted molar refractivity (Wildman–Crippen MR) is 80.7 cm³/mol. The molecule has 20 heavy (non-hydrogen) atoms. The van der Waals surface area contributed by atoms with Gasteiger partial charge in [-0.3, -0.25) is 0 Å². The Kier molecular flexibility index (Phi) is 3.73. The van der Waals surface area contributed by atoms with Gasteiger partial charge in [0.15, 0.2) is 5.69 Å². The van der Waals surface area contributed by atoms with Crippen LogP contribution in [0.5, 0.6) is 0 Å². The summed E-state index contributed by atoms with van der Waals surface area (Å²) in [6.07, 6.45) is 1.06. The average molecular weight is 289 g/mol. The minimum atomic E-state index is -1.02. The molecular formula is C14H15N3O2S. The lowest BCUT2D eigenvalue weighted by molar-refractivity contribution is 0.0690. The van der Waals surface area contributed by atoms with Crippen molar-refractivity contribution in [3.8, 4) is 0 Å². The van der Waals surface area contributed by atoms with Gasteiger partial charge in [-0.2, -0.15) is 11.8 Å². The van der Waals surface area contributed by atoms with Crippen molar-refractivity contribution in [1.29, 1.82) is 0 Å². The minimum Gasteiger partial charge on any atom is -0.476 e. The fourth-order valence-electron chi connectivity index (χ4n) is 2.47. The van der Waals surface area contributed by atoms with Crippen LogP contribution in [0.25, 0.3) is 10.9 Å². The minimum absolute atomic E-state index is 0.0515. The van der Waals surface area contributed by atoms with E-state index in [-0.39, 0.29) is 5.69 Å². The Balaban J connectivity index is 2.18. The van der Waals surface area contributed by atoms with E-state index in [9.17, 15) is 9.90 Å². The van der Waals surface area contributed by atoms with E-state index >= 15 is 0 Å². The third-order valence-electron chi connectivity index (χ3n) is 3.38. The Labute approximate surface area is 121 Å². The van der Waals surface area contributed by atoms with Gasteiger partial charge in [-0.25, -0.2) is 4.79 Å². The van der Waals surface area contributed by atoms with Gasteiger partial charge in [0.1, 0.15) is 0 Å². The van der Waals surface area contributed by atoms with Crippen molar-refractivity contribution in [2.45, 2.75) is 6.42 Å². The first kappa shape index (κ1) is 13.2. The molecule has 0 saturated carbocycles. The SMILES string of the molecule is O=C(O)c1nnc2ccccc2c1N1CCCSCC1. The summed E-state index contributed by atoms with van der Waals surface area (Å²) in [5.74, 6) is 1.11. The zero-order valence-electron chi connectivity index (χ0n) is 11.0. The van der Waals surface area contributed by atoms with Crippen LogP contribution < -0.4 is 4.90 Å². The maximum absolute atomic E-state index is 11.5. The zero-order chi connectivity index (χ0) is 13.9. The molecule has 1 aliphatic rings. The van der Waals surface area contributed by atoms with Crippen LogP contribution in [-0.2, 0) is 0 Å². The number of aromatic nitrogens is 2. The first-order chi connectivity index (χ1) is 9.77. The monoisotopic (exact) mass is 289 g/mol. The van der Waals surface area contributed by atoms with Crippen LogP contribution in [0.1, 0.15) is 16.9 Å². The second-order valence-electron chi connectivity index (χ2n) is 4.67. The highest BCUT2D eigenvalue weighted by atomic mass is 32.2. The van der Waals surface area contributed by atoms with Crippen molar-refractivity contribution in [2.24, 2.45) is 0 Å². The number of anilines is 1. The van der Waals surface area contributed by atoms with Gasteiger partial charge < -0.3 is 10.0 Å². The van der Waals surface area contributed by atoms with Crippen molar-refractivity contribution >= 4 is 34.3 Å². The Morgan fingerprint density at radius 1 is 1.20 bits per heavy atom. The molecular weight excluding hydrogens is 274 g/mol. The van der Waals surface area contributed by atoms with Gasteiger partial charge in [0.25, 0.3) is 0 Å². The second kappa shape index (κ2) is 5.66. The molecule has 1 aromatic heterocycles. The molecule has 1 aromatic carbocycles. The lowest BCUT2D eigenvalue weighted by Crippen LogP contribution is -2.28. The smallest absolute Gasteiger partial charge is 0.358 e. The number of benzene rings is 1. The zero-order valence-corrected chi connectivity index (χ0v) is 11.8. The van der Waals surface area contributed by atoms with Crippen LogP contribution in [0, 0.1) is 0 Å². The van der Waals surface area contributed by atoms with E-state index in [1.54, 1.807) is 0 Å². The molecule has 0 spiro atoms. The number of carboxylic acid groups (broad SMARTS) is 1. The highest BCUT2D eigenvalue weighted by Gasteiger charge is 2.22. The van der Waals surface area contributed by atoms with Crippen LogP contribution in [0.3, 0.4) is 0 Å². The number of hydrogen-bond donors (Lipinski definition) is 1. The second-order valence-corrected chi connectivity index (χ2v) is 5.90. The van der Waals surface area contributed by atoms with Gasteiger partial charge in [-0.05, 0) is 18.2 Å². The molecule has 2 heterocycles. The molecule has 0 bridgehead atoms. The summed E-state index contributed by atoms with van der Waals surface area (Å²) in [4.78, 5) is 13.6. The quantitative estimate of drug-likeness (QED) is 0.915. The molecule has 1 saturated heterocycles. The third-order valence-corrected chi connectivity index (χ3v) is 4.43. The van der Waals surface area contributed by atoms with E-state index in [0.29, 0.717) is 5.69 Å². The Morgan fingerprint density at radius 3 is 2.90 bits per heavy atom. The molecule has 2 aromatic rings. The van der Waals surface area contributed by atoms with Crippen LogP contribution in [0.2, 0.25) is 0 Å². The summed E-state index contributed by atoms with van der Waals surface area (Å²) in [6, 6.07) is 7.58. The molecule has 0 atom stereocenters. The van der Waals surface area contributed by atoms with Gasteiger partial charge >= 0.3 is 5.97 Å². The number of fused-ring (bicyclic) bond motifs is 1. The molecule has 0 amide bonds. The average Bonchev–Trinajstić information content (AvgIpc) is 2.74. The fraction of sp³-hybridized carbons (Fsp3) is 0.357. The Hall–Kier alpha value is -1.82. The van der Waals surface area contributed by atoms with Crippen molar-refractivity contribution in [3.05, 3.63) is 30.0 Å². The van der Waals surface area contributed by atoms with Crippen molar-refractivity contribution in [3.63, 3.8) is 0 Å². The first-order valence-electron chi connectivity index (χ1n) is 6.59. The molecule has 5 nitrogen and oxygen atoms in total. The van der Waals surface area contributed by atoms with Crippen LogP contribution >= 0.6 is 11.8 Å². The highest BCUT2D eigenvalue weighted by Crippen LogP contribution is 2.29. The largest absolute Gasteiger partial charge is 0.476 e. The number of nitrogens with zero attached hydrogens (tertiary/aromatic N) is 3. The highest BCUT2D eigenvalue weighted by molar-refractivity contribution is 7.99. The van der Waals surface area contributed by atoms with Gasteiger partial charge in [0, 0.05) is 24.2 Å². The molecule has 0 aliphatic carbocycles. The number of rotatable bonds is 2. The van der Waals surface area contributed by atoms with Gasteiger partial charge in [0.2, 0.25) is 0 Å². The van der Waals surface area contributed by atoms with E-state index in [4.69, 9.17) is 0 Å². The van der Waals surface area contributed by atoms with Crippen LogP contribution in [0.15, 0.2) is 24.3 Å². The van der Waals surface area contributed by atoms with E-state index in [0.717, 1.165) is 41.9 Å². The van der Waals surface area contributed by atoms with Gasteiger partial charge in [0.05, 0.1) is 11.2 Å². The van der Waals surface area contributed by atoms with Crippen LogP contribution in [-0.4, -0.2) is 45.9 Å². The summed E-state index contributed by atoms with van der Waals surface area (Å²) in [5, 5.41) is 18.2. The lowest BCUT2D eigenvalue weighted by Gasteiger charge is -2.24. The maximum Gasteiger partial charge on any atom is 0.358 e. The molecule has 1 fully saturated rings. The topological polar surface area (TPSA) is 66.3 Å². The summed E-state index contributed by atoms with van der Waals surface area (Å²) in [6.45, 7) is 1.71. The molecule has 6 heteroatoms. The normalized spacial score (nSPS) is 16.1. The first-order valence-corrected chi connectivity index (χ1v) is 7.74. The molecule has 104 valence electrons. The predicted octanol–water partition coefficient (Wildman–Crippen LogP) is 2.27. The Morgan fingerprint density at radius 2 is 2.05 bits per heavy atom. The van der Waals surface area contributed by atoms with Crippen molar-refractivity contribution in [1.82, 2.24) is 10.2 Å². The number of carboxylic acids is 1. The summed E-state index contributed by atoms with van der Waals surface area (Å²) in [7, 11) is 0.